The quantitative estimate of drug-likeness (QED) is 0.223. The molecule has 0 saturated heterocycles. The van der Waals surface area contributed by atoms with E-state index in [4.69, 9.17) is 21.2 Å². The molecule has 0 aromatic rings. The van der Waals surface area contributed by atoms with Crippen LogP contribution in [0.3, 0.4) is 0 Å². The van der Waals surface area contributed by atoms with Crippen LogP contribution in [0.2, 0.25) is 0 Å². The number of hydrazine groups is 1. The van der Waals surface area contributed by atoms with Gasteiger partial charge in [0.2, 0.25) is 0 Å². The van der Waals surface area contributed by atoms with Gasteiger partial charge in [-0.3, -0.25) is 35.5 Å². The summed E-state index contributed by atoms with van der Waals surface area (Å²) in [6.07, 6.45) is 3.07. The standard InChI is InChI=1S/C14H26N4O6/c15-16-5-6-17(7-12(19)20)10-3-1-2-4-11(10)18(8-13(21)22)9-14(23)24/h10-11,16H,1-9,15H2,(H,19,20)(H,21,22)(H,23,24)/t10-,11+/m1/s1. The average molecular weight is 346 g/mol. The molecule has 0 aromatic heterocycles. The molecule has 0 spiro atoms. The van der Waals surface area contributed by atoms with Gasteiger partial charge in [0.1, 0.15) is 0 Å². The van der Waals surface area contributed by atoms with Crippen LogP contribution < -0.4 is 11.3 Å². The summed E-state index contributed by atoms with van der Waals surface area (Å²) in [4.78, 5) is 36.5. The van der Waals surface area contributed by atoms with Gasteiger partial charge in [-0.1, -0.05) is 12.8 Å². The summed E-state index contributed by atoms with van der Waals surface area (Å²) in [6, 6.07) is -0.537. The van der Waals surface area contributed by atoms with Crippen LogP contribution in [0.1, 0.15) is 25.7 Å². The van der Waals surface area contributed by atoms with Crippen molar-refractivity contribution in [3.8, 4) is 0 Å². The summed E-state index contributed by atoms with van der Waals surface area (Å²) in [5.74, 6) is 2.08. The Hall–Kier alpha value is -1.75. The first-order valence-electron chi connectivity index (χ1n) is 7.92. The molecule has 24 heavy (non-hydrogen) atoms. The molecule has 1 rings (SSSR count). The van der Waals surface area contributed by atoms with E-state index in [9.17, 15) is 14.4 Å². The second-order valence-electron chi connectivity index (χ2n) is 5.93. The lowest BCUT2D eigenvalue weighted by molar-refractivity contribution is -0.146. The van der Waals surface area contributed by atoms with Crippen LogP contribution in [-0.2, 0) is 14.4 Å². The second kappa shape index (κ2) is 10.2. The van der Waals surface area contributed by atoms with Crippen LogP contribution in [-0.4, -0.2) is 87.8 Å². The zero-order chi connectivity index (χ0) is 18.1. The highest BCUT2D eigenvalue weighted by Crippen LogP contribution is 2.27. The SMILES string of the molecule is NNCCN(CC(=O)O)[C@@H]1CCCC[C@@H]1N(CC(=O)O)CC(=O)O. The second-order valence-corrected chi connectivity index (χ2v) is 5.93. The van der Waals surface area contributed by atoms with Crippen molar-refractivity contribution < 1.29 is 29.7 Å². The zero-order valence-corrected chi connectivity index (χ0v) is 13.6. The van der Waals surface area contributed by atoms with Crippen molar-refractivity contribution in [3.05, 3.63) is 0 Å². The Morgan fingerprint density at radius 3 is 1.71 bits per heavy atom. The molecule has 0 radical (unpaired) electrons. The summed E-state index contributed by atoms with van der Waals surface area (Å²) in [6.45, 7) is -0.198. The molecule has 0 bridgehead atoms. The smallest absolute Gasteiger partial charge is 0.317 e. The molecule has 1 aliphatic carbocycles. The van der Waals surface area contributed by atoms with E-state index < -0.39 is 17.9 Å². The first kappa shape index (κ1) is 20.3. The molecule has 138 valence electrons. The van der Waals surface area contributed by atoms with Gasteiger partial charge in [-0.25, -0.2) is 0 Å². The third kappa shape index (κ3) is 6.79. The number of nitrogens with two attached hydrogens (primary N) is 1. The van der Waals surface area contributed by atoms with Gasteiger partial charge in [-0.2, -0.15) is 0 Å². The Labute approximate surface area is 140 Å². The van der Waals surface area contributed by atoms with Gasteiger partial charge in [0.25, 0.3) is 0 Å². The lowest BCUT2D eigenvalue weighted by Crippen LogP contribution is -2.57. The lowest BCUT2D eigenvalue weighted by Gasteiger charge is -2.43. The maximum atomic E-state index is 11.2. The van der Waals surface area contributed by atoms with Crippen LogP contribution in [0, 0.1) is 0 Å². The minimum absolute atomic E-state index is 0.198. The highest BCUT2D eigenvalue weighted by Gasteiger charge is 2.36. The van der Waals surface area contributed by atoms with E-state index in [-0.39, 0.29) is 31.7 Å². The van der Waals surface area contributed by atoms with Gasteiger partial charge >= 0.3 is 17.9 Å². The van der Waals surface area contributed by atoms with Gasteiger partial charge < -0.3 is 15.3 Å². The minimum atomic E-state index is -1.10. The molecule has 1 saturated carbocycles. The molecule has 0 unspecified atom stereocenters. The van der Waals surface area contributed by atoms with Crippen LogP contribution in [0.25, 0.3) is 0 Å². The third-order valence-electron chi connectivity index (χ3n) is 4.19. The number of nitrogens with zero attached hydrogens (tertiary/aromatic N) is 2. The van der Waals surface area contributed by atoms with Crippen molar-refractivity contribution in [3.63, 3.8) is 0 Å². The Morgan fingerprint density at radius 2 is 1.29 bits per heavy atom. The predicted molar refractivity (Wildman–Crippen MR) is 84.3 cm³/mol. The number of carbonyl (C=O) groups is 3. The first-order chi connectivity index (χ1) is 11.3. The fourth-order valence-electron chi connectivity index (χ4n) is 3.33. The molecular formula is C14H26N4O6. The minimum Gasteiger partial charge on any atom is -0.480 e. The average Bonchev–Trinajstić information content (AvgIpc) is 2.49. The van der Waals surface area contributed by atoms with Crippen molar-refractivity contribution >= 4 is 17.9 Å². The highest BCUT2D eigenvalue weighted by molar-refractivity contribution is 5.72. The number of carboxylic acid groups (broad SMARTS) is 3. The Morgan fingerprint density at radius 1 is 0.875 bits per heavy atom. The fourth-order valence-corrected chi connectivity index (χ4v) is 3.33. The zero-order valence-electron chi connectivity index (χ0n) is 13.6. The van der Waals surface area contributed by atoms with Crippen molar-refractivity contribution in [2.75, 3.05) is 32.7 Å². The van der Waals surface area contributed by atoms with E-state index in [0.717, 1.165) is 12.8 Å². The summed E-state index contributed by atoms with van der Waals surface area (Å²) in [5, 5.41) is 27.3. The fraction of sp³-hybridized carbons (Fsp3) is 0.786. The third-order valence-corrected chi connectivity index (χ3v) is 4.19. The van der Waals surface area contributed by atoms with E-state index in [1.807, 2.05) is 0 Å². The molecule has 6 N–H and O–H groups in total. The highest BCUT2D eigenvalue weighted by atomic mass is 16.4. The number of hydrogen-bond donors (Lipinski definition) is 5. The molecule has 2 atom stereocenters. The van der Waals surface area contributed by atoms with E-state index in [1.54, 1.807) is 4.90 Å². The van der Waals surface area contributed by atoms with E-state index in [2.05, 4.69) is 5.43 Å². The molecule has 0 amide bonds. The van der Waals surface area contributed by atoms with Crippen LogP contribution in [0.4, 0.5) is 0 Å². The summed E-state index contributed by atoms with van der Waals surface area (Å²) in [7, 11) is 0. The van der Waals surface area contributed by atoms with Crippen molar-refractivity contribution in [1.82, 2.24) is 15.2 Å². The number of carboxylic acids is 3. The summed E-state index contributed by atoms with van der Waals surface area (Å²) >= 11 is 0. The maximum absolute atomic E-state index is 11.2. The Balaban J connectivity index is 2.97. The van der Waals surface area contributed by atoms with Gasteiger partial charge in [0.05, 0.1) is 19.6 Å². The van der Waals surface area contributed by atoms with Crippen molar-refractivity contribution in [2.24, 2.45) is 5.84 Å². The Kier molecular flexibility index (Phi) is 8.61. The van der Waals surface area contributed by atoms with E-state index >= 15 is 0 Å². The summed E-state index contributed by atoms with van der Waals surface area (Å²) in [5.41, 5.74) is 2.48. The van der Waals surface area contributed by atoms with Gasteiger partial charge in [-0.05, 0) is 12.8 Å². The normalized spacial score (nSPS) is 21.1. The van der Waals surface area contributed by atoms with Crippen LogP contribution in [0.5, 0.6) is 0 Å². The number of hydrogen-bond acceptors (Lipinski definition) is 7. The largest absolute Gasteiger partial charge is 0.480 e. The number of aliphatic carboxylic acids is 3. The van der Waals surface area contributed by atoms with E-state index in [1.165, 1.54) is 4.90 Å². The molecule has 0 aromatic carbocycles. The molecule has 10 heteroatoms. The molecule has 0 aliphatic heterocycles. The number of nitrogens with one attached hydrogen (secondary N) is 1. The molecule has 1 fully saturated rings. The van der Waals surface area contributed by atoms with Gasteiger partial charge in [0.15, 0.2) is 0 Å². The lowest BCUT2D eigenvalue weighted by atomic mass is 9.87. The van der Waals surface area contributed by atoms with Crippen molar-refractivity contribution in [2.45, 2.75) is 37.8 Å². The Bertz CT molecular complexity index is 431. The molecular weight excluding hydrogens is 320 g/mol. The molecule has 0 heterocycles. The van der Waals surface area contributed by atoms with Crippen LogP contribution >= 0.6 is 0 Å². The molecule has 10 nitrogen and oxygen atoms in total. The molecule has 1 aliphatic rings. The number of rotatable bonds is 11. The first-order valence-corrected chi connectivity index (χ1v) is 7.92. The predicted octanol–water partition coefficient (Wildman–Crippen LogP) is -1.38. The van der Waals surface area contributed by atoms with E-state index in [0.29, 0.717) is 25.9 Å². The maximum Gasteiger partial charge on any atom is 0.317 e. The van der Waals surface area contributed by atoms with Gasteiger partial charge in [-0.15, -0.1) is 0 Å². The monoisotopic (exact) mass is 346 g/mol. The summed E-state index contributed by atoms with van der Waals surface area (Å²) < 4.78 is 0. The van der Waals surface area contributed by atoms with Gasteiger partial charge in [0, 0.05) is 25.2 Å². The van der Waals surface area contributed by atoms with Crippen LogP contribution in [0.15, 0.2) is 0 Å². The topological polar surface area (TPSA) is 156 Å². The van der Waals surface area contributed by atoms with Crippen molar-refractivity contribution in [1.29, 1.82) is 0 Å².